The molecule has 4 heterocycles. The number of halogens is 1. The van der Waals surface area contributed by atoms with Crippen LogP contribution in [0.15, 0.2) is 28.7 Å². The molecular formula is C19H25FN4O. The van der Waals surface area contributed by atoms with Gasteiger partial charge in [0.1, 0.15) is 5.82 Å². The van der Waals surface area contributed by atoms with E-state index in [0.717, 1.165) is 45.0 Å². The van der Waals surface area contributed by atoms with Gasteiger partial charge in [0, 0.05) is 38.6 Å². The molecule has 5 rings (SSSR count). The van der Waals surface area contributed by atoms with Crippen LogP contribution < -0.4 is 0 Å². The number of benzene rings is 1. The van der Waals surface area contributed by atoms with Gasteiger partial charge >= 0.3 is 0 Å². The van der Waals surface area contributed by atoms with Crippen molar-refractivity contribution < 1.29 is 8.81 Å². The van der Waals surface area contributed by atoms with E-state index in [2.05, 4.69) is 20.0 Å². The van der Waals surface area contributed by atoms with E-state index < -0.39 is 0 Å². The zero-order valence-electron chi connectivity index (χ0n) is 14.7. The van der Waals surface area contributed by atoms with Crippen LogP contribution in [0.4, 0.5) is 4.39 Å². The summed E-state index contributed by atoms with van der Waals surface area (Å²) in [5.41, 5.74) is 1.18. The Morgan fingerprint density at radius 2 is 1.84 bits per heavy atom. The first-order chi connectivity index (χ1) is 12.2. The van der Waals surface area contributed by atoms with Gasteiger partial charge in [-0.25, -0.2) is 4.39 Å². The Kier molecular flexibility index (Phi) is 4.81. The van der Waals surface area contributed by atoms with E-state index in [9.17, 15) is 4.39 Å². The fourth-order valence-electron chi connectivity index (χ4n) is 4.12. The Morgan fingerprint density at radius 1 is 1.04 bits per heavy atom. The van der Waals surface area contributed by atoms with E-state index in [1.54, 1.807) is 12.1 Å². The molecule has 0 N–H and O–H groups in total. The molecule has 1 aromatic heterocycles. The van der Waals surface area contributed by atoms with Crippen LogP contribution in [0.1, 0.15) is 37.1 Å². The molecule has 0 amide bonds. The van der Waals surface area contributed by atoms with Gasteiger partial charge in [-0.1, -0.05) is 19.1 Å². The lowest BCUT2D eigenvalue weighted by Gasteiger charge is -2.35. The summed E-state index contributed by atoms with van der Waals surface area (Å²) in [6, 6.07) is 7.41. The average Bonchev–Trinajstić information content (AvgIpc) is 2.89. The van der Waals surface area contributed by atoms with Crippen molar-refractivity contribution in [1.29, 1.82) is 0 Å². The smallest absolute Gasteiger partial charge is 0.230 e. The molecule has 0 unspecified atom stereocenters. The summed E-state index contributed by atoms with van der Waals surface area (Å²) in [4.78, 5) is 5.02. The fourth-order valence-corrected chi connectivity index (χ4v) is 4.12. The molecule has 2 bridgehead atoms. The molecule has 0 aliphatic carbocycles. The van der Waals surface area contributed by atoms with E-state index in [0.29, 0.717) is 17.9 Å². The molecule has 0 radical (unpaired) electrons. The van der Waals surface area contributed by atoms with Crippen LogP contribution in [0.5, 0.6) is 0 Å². The van der Waals surface area contributed by atoms with Crippen LogP contribution in [-0.4, -0.2) is 45.7 Å². The molecular weight excluding hydrogens is 319 g/mol. The first-order valence-electron chi connectivity index (χ1n) is 9.21. The van der Waals surface area contributed by atoms with Crippen LogP contribution in [0.3, 0.4) is 0 Å². The summed E-state index contributed by atoms with van der Waals surface area (Å²) in [5.74, 6) is 1.95. The lowest BCUT2D eigenvalue weighted by Crippen LogP contribution is -2.43. The van der Waals surface area contributed by atoms with Gasteiger partial charge in [0.25, 0.3) is 0 Å². The molecule has 3 aliphatic rings. The average molecular weight is 344 g/mol. The maximum atomic E-state index is 13.1. The largest absolute Gasteiger partial charge is 0.424 e. The van der Waals surface area contributed by atoms with Gasteiger partial charge in [-0.15, -0.1) is 10.2 Å². The lowest BCUT2D eigenvalue weighted by molar-refractivity contribution is 0.111. The molecule has 6 heteroatoms. The van der Waals surface area contributed by atoms with Crippen molar-refractivity contribution in [2.24, 2.45) is 5.92 Å². The minimum atomic E-state index is -0.170. The monoisotopic (exact) mass is 344 g/mol. The number of hydrogen-bond donors (Lipinski definition) is 0. The summed E-state index contributed by atoms with van der Waals surface area (Å²) in [7, 11) is 0. The number of nitrogens with zero attached hydrogens (tertiary/aromatic N) is 4. The Labute approximate surface area is 147 Å². The molecule has 25 heavy (non-hydrogen) atoms. The fraction of sp³-hybridized carbons (Fsp3) is 0.579. The molecule has 1 aromatic carbocycles. The van der Waals surface area contributed by atoms with Gasteiger partial charge in [-0.3, -0.25) is 9.80 Å². The van der Waals surface area contributed by atoms with Crippen molar-refractivity contribution in [1.82, 2.24) is 20.0 Å². The third kappa shape index (κ3) is 3.90. The number of fused-ring (bicyclic) bond motifs is 4. The highest BCUT2D eigenvalue weighted by Crippen LogP contribution is 2.29. The maximum absolute atomic E-state index is 13.1. The predicted molar refractivity (Wildman–Crippen MR) is 92.3 cm³/mol. The highest BCUT2D eigenvalue weighted by atomic mass is 19.1. The van der Waals surface area contributed by atoms with Crippen LogP contribution >= 0.6 is 0 Å². The van der Waals surface area contributed by atoms with Crippen molar-refractivity contribution in [2.75, 3.05) is 19.6 Å². The minimum Gasteiger partial charge on any atom is -0.424 e. The first-order valence-corrected chi connectivity index (χ1v) is 9.21. The third-order valence-electron chi connectivity index (χ3n) is 5.37. The van der Waals surface area contributed by atoms with E-state index in [-0.39, 0.29) is 5.82 Å². The van der Waals surface area contributed by atoms with Crippen molar-refractivity contribution in [2.45, 2.75) is 45.3 Å². The van der Waals surface area contributed by atoms with Crippen LogP contribution in [-0.2, 0) is 19.5 Å². The highest BCUT2D eigenvalue weighted by Gasteiger charge is 2.35. The summed E-state index contributed by atoms with van der Waals surface area (Å²) >= 11 is 0. The van der Waals surface area contributed by atoms with Gasteiger partial charge in [0.2, 0.25) is 11.8 Å². The number of aromatic nitrogens is 2. The molecule has 3 aliphatic heterocycles. The van der Waals surface area contributed by atoms with Crippen molar-refractivity contribution >= 4 is 0 Å². The normalized spacial score (nSPS) is 24.6. The Morgan fingerprint density at radius 3 is 2.60 bits per heavy atom. The zero-order valence-corrected chi connectivity index (χ0v) is 14.7. The third-order valence-corrected chi connectivity index (χ3v) is 5.37. The highest BCUT2D eigenvalue weighted by molar-refractivity contribution is 5.16. The van der Waals surface area contributed by atoms with E-state index in [1.165, 1.54) is 18.4 Å². The predicted octanol–water partition coefficient (Wildman–Crippen LogP) is 2.87. The summed E-state index contributed by atoms with van der Waals surface area (Å²) < 4.78 is 18.8. The second-order valence-electron chi connectivity index (χ2n) is 7.29. The summed E-state index contributed by atoms with van der Waals surface area (Å²) in [6.07, 6.45) is 3.29. The number of rotatable bonds is 5. The SMILES string of the molecule is CCc1nnc(CN2C[C@H]3CC[C@@H]2CN(Cc2ccc(F)cc2)C3)o1. The molecule has 0 spiro atoms. The topological polar surface area (TPSA) is 45.4 Å². The molecule has 2 atom stereocenters. The van der Waals surface area contributed by atoms with Gasteiger partial charge in [0.15, 0.2) is 0 Å². The van der Waals surface area contributed by atoms with Crippen molar-refractivity contribution in [3.8, 4) is 0 Å². The second-order valence-corrected chi connectivity index (χ2v) is 7.29. The zero-order chi connectivity index (χ0) is 17.2. The summed E-state index contributed by atoms with van der Waals surface area (Å²) in [5, 5.41) is 8.26. The maximum Gasteiger partial charge on any atom is 0.230 e. The Hall–Kier alpha value is -1.79. The molecule has 3 fully saturated rings. The van der Waals surface area contributed by atoms with E-state index in [1.807, 2.05) is 19.1 Å². The molecule has 0 saturated carbocycles. The quantitative estimate of drug-likeness (QED) is 0.835. The minimum absolute atomic E-state index is 0.170. The Balaban J connectivity index is 1.42. The van der Waals surface area contributed by atoms with Gasteiger partial charge in [-0.05, 0) is 36.5 Å². The summed E-state index contributed by atoms with van der Waals surface area (Å²) in [6.45, 7) is 6.91. The van der Waals surface area contributed by atoms with Crippen LogP contribution in [0, 0.1) is 11.7 Å². The van der Waals surface area contributed by atoms with Gasteiger partial charge in [0.05, 0.1) is 6.54 Å². The van der Waals surface area contributed by atoms with Crippen molar-refractivity contribution in [3.05, 3.63) is 47.4 Å². The molecule has 134 valence electrons. The number of aryl methyl sites for hydroxylation is 1. The van der Waals surface area contributed by atoms with Gasteiger partial charge < -0.3 is 4.42 Å². The van der Waals surface area contributed by atoms with Crippen molar-refractivity contribution in [3.63, 3.8) is 0 Å². The Bertz CT molecular complexity index is 702. The molecule has 5 nitrogen and oxygen atoms in total. The number of hydrogen-bond acceptors (Lipinski definition) is 5. The van der Waals surface area contributed by atoms with Crippen LogP contribution in [0.2, 0.25) is 0 Å². The molecule has 3 saturated heterocycles. The standard InChI is InChI=1S/C19H25FN4O/c1-2-18-21-22-19(25-18)13-24-11-15-5-8-17(24)12-23(10-15)9-14-3-6-16(20)7-4-14/h3-4,6-7,15,17H,2,5,8-13H2,1H3/t15-,17+/m0/s1. The molecule has 2 aromatic rings. The first kappa shape index (κ1) is 16.7. The van der Waals surface area contributed by atoms with E-state index >= 15 is 0 Å². The van der Waals surface area contributed by atoms with Crippen LogP contribution in [0.25, 0.3) is 0 Å². The van der Waals surface area contributed by atoms with Gasteiger partial charge in [-0.2, -0.15) is 0 Å². The lowest BCUT2D eigenvalue weighted by atomic mass is 9.95. The second kappa shape index (κ2) is 7.22. The van der Waals surface area contributed by atoms with E-state index in [4.69, 9.17) is 4.42 Å². The number of piperidine rings is 1.